The minimum Gasteiger partial charge on any atom is -0.481 e. The van der Waals surface area contributed by atoms with Crippen LogP contribution in [0.3, 0.4) is 0 Å². The third-order valence-corrected chi connectivity index (χ3v) is 3.62. The second-order valence-electron chi connectivity index (χ2n) is 3.87. The summed E-state index contributed by atoms with van der Waals surface area (Å²) in [5.74, 6) is -3.18. The number of amides is 2. The third kappa shape index (κ3) is 4.95. The normalized spacial score (nSPS) is 21.6. The molecule has 0 aromatic heterocycles. The van der Waals surface area contributed by atoms with E-state index in [1.807, 2.05) is 5.32 Å². The van der Waals surface area contributed by atoms with Crippen LogP contribution in [0.1, 0.15) is 6.42 Å². The van der Waals surface area contributed by atoms with Gasteiger partial charge in [0.05, 0.1) is 18.2 Å². The van der Waals surface area contributed by atoms with Crippen molar-refractivity contribution in [3.8, 4) is 0 Å². The van der Waals surface area contributed by atoms with Crippen molar-refractivity contribution in [1.82, 2.24) is 10.6 Å². The number of nitrogens with one attached hydrogen (secondary N) is 2. The van der Waals surface area contributed by atoms with E-state index in [9.17, 15) is 22.8 Å². The Morgan fingerprint density at radius 1 is 1.32 bits per heavy atom. The van der Waals surface area contributed by atoms with Crippen molar-refractivity contribution in [1.29, 1.82) is 0 Å². The Labute approximate surface area is 108 Å². The number of urea groups is 1. The Hall–Kier alpha value is -2.10. The lowest BCUT2D eigenvalue weighted by atomic mass is 10.2. The predicted molar refractivity (Wildman–Crippen MR) is 62.1 cm³/mol. The van der Waals surface area contributed by atoms with E-state index in [0.717, 1.165) is 5.41 Å². The van der Waals surface area contributed by atoms with Gasteiger partial charge in [-0.3, -0.25) is 4.79 Å². The molecular formula is C9H12N2O7S. The van der Waals surface area contributed by atoms with E-state index in [2.05, 4.69) is 5.32 Å². The lowest BCUT2D eigenvalue weighted by Gasteiger charge is -2.15. The van der Waals surface area contributed by atoms with Crippen LogP contribution in [0.25, 0.3) is 0 Å². The average molecular weight is 292 g/mol. The van der Waals surface area contributed by atoms with Gasteiger partial charge in [0, 0.05) is 5.41 Å². The van der Waals surface area contributed by atoms with Crippen LogP contribution < -0.4 is 10.6 Å². The van der Waals surface area contributed by atoms with Crippen LogP contribution in [-0.2, 0) is 19.4 Å². The van der Waals surface area contributed by atoms with Crippen molar-refractivity contribution in [2.75, 3.05) is 5.75 Å². The Balaban J connectivity index is 2.52. The molecule has 0 bridgehead atoms. The monoisotopic (exact) mass is 292 g/mol. The fraction of sp³-hybridized carbons (Fsp3) is 0.444. The summed E-state index contributed by atoms with van der Waals surface area (Å²) in [4.78, 5) is 32.5. The molecule has 1 rings (SSSR count). The highest BCUT2D eigenvalue weighted by molar-refractivity contribution is 7.94. The molecule has 9 nitrogen and oxygen atoms in total. The lowest BCUT2D eigenvalue weighted by Crippen LogP contribution is -2.49. The molecule has 2 amide bonds. The summed E-state index contributed by atoms with van der Waals surface area (Å²) in [6, 6.07) is -3.29. The Kier molecular flexibility index (Phi) is 4.48. The molecule has 0 aromatic carbocycles. The number of aliphatic carboxylic acids is 2. The Morgan fingerprint density at radius 2 is 1.95 bits per heavy atom. The van der Waals surface area contributed by atoms with Crippen molar-refractivity contribution in [3.63, 3.8) is 0 Å². The molecule has 1 unspecified atom stereocenters. The first-order chi connectivity index (χ1) is 8.69. The molecule has 0 spiro atoms. The molecule has 106 valence electrons. The summed E-state index contributed by atoms with van der Waals surface area (Å²) < 4.78 is 22.1. The molecule has 0 saturated carbocycles. The van der Waals surface area contributed by atoms with Crippen LogP contribution in [0, 0.1) is 0 Å². The van der Waals surface area contributed by atoms with Crippen molar-refractivity contribution in [2.45, 2.75) is 18.5 Å². The van der Waals surface area contributed by atoms with Gasteiger partial charge in [-0.1, -0.05) is 0 Å². The van der Waals surface area contributed by atoms with Gasteiger partial charge in [-0.15, -0.1) is 0 Å². The van der Waals surface area contributed by atoms with E-state index >= 15 is 0 Å². The van der Waals surface area contributed by atoms with Crippen LogP contribution in [0.4, 0.5) is 4.79 Å². The molecule has 2 atom stereocenters. The van der Waals surface area contributed by atoms with E-state index < -0.39 is 46.3 Å². The van der Waals surface area contributed by atoms with Gasteiger partial charge in [-0.2, -0.15) is 0 Å². The molecule has 0 fully saturated rings. The van der Waals surface area contributed by atoms with Gasteiger partial charge in [-0.05, 0) is 6.08 Å². The molecule has 19 heavy (non-hydrogen) atoms. The van der Waals surface area contributed by atoms with Gasteiger partial charge in [0.1, 0.15) is 6.04 Å². The zero-order valence-corrected chi connectivity index (χ0v) is 10.4. The molecule has 1 aliphatic heterocycles. The van der Waals surface area contributed by atoms with Crippen LogP contribution >= 0.6 is 0 Å². The zero-order chi connectivity index (χ0) is 14.6. The highest BCUT2D eigenvalue weighted by Gasteiger charge is 2.26. The van der Waals surface area contributed by atoms with Crippen LogP contribution in [0.5, 0.6) is 0 Å². The average Bonchev–Trinajstić information content (AvgIpc) is 2.56. The van der Waals surface area contributed by atoms with Gasteiger partial charge in [-0.25, -0.2) is 18.0 Å². The highest BCUT2D eigenvalue weighted by Crippen LogP contribution is 2.07. The number of hydrogen-bond acceptors (Lipinski definition) is 5. The molecule has 10 heteroatoms. The van der Waals surface area contributed by atoms with Gasteiger partial charge in [0.2, 0.25) is 0 Å². The van der Waals surface area contributed by atoms with Crippen molar-refractivity contribution in [3.05, 3.63) is 11.5 Å². The topological polar surface area (TPSA) is 150 Å². The fourth-order valence-electron chi connectivity index (χ4n) is 1.41. The van der Waals surface area contributed by atoms with Crippen molar-refractivity contribution in [2.24, 2.45) is 0 Å². The van der Waals surface area contributed by atoms with E-state index in [1.165, 1.54) is 6.08 Å². The smallest absolute Gasteiger partial charge is 0.326 e. The van der Waals surface area contributed by atoms with E-state index in [-0.39, 0.29) is 5.75 Å². The third-order valence-electron chi connectivity index (χ3n) is 2.23. The molecule has 0 radical (unpaired) electrons. The number of carboxylic acids is 2. The van der Waals surface area contributed by atoms with Crippen LogP contribution in [-0.4, -0.2) is 54.4 Å². The maximum atomic E-state index is 11.4. The highest BCUT2D eigenvalue weighted by atomic mass is 32.2. The maximum Gasteiger partial charge on any atom is 0.326 e. The van der Waals surface area contributed by atoms with Crippen LogP contribution in [0.15, 0.2) is 11.5 Å². The number of sulfone groups is 1. The van der Waals surface area contributed by atoms with Gasteiger partial charge < -0.3 is 20.8 Å². The standard InChI is InChI=1S/C9H12N2O7S/c12-7(13)3-6(8(14)15)11-9(16)10-5-1-2-19(17,18)4-5/h1-2,5-6H,3-4H2,(H,12,13)(H,14,15)(H2,10,11,16)/t5?,6-/m1/s1. The Bertz CT molecular complexity index is 525. The van der Waals surface area contributed by atoms with E-state index in [0.29, 0.717) is 0 Å². The summed E-state index contributed by atoms with van der Waals surface area (Å²) in [6.07, 6.45) is 0.476. The summed E-state index contributed by atoms with van der Waals surface area (Å²) in [7, 11) is -3.34. The quantitative estimate of drug-likeness (QED) is 0.482. The molecule has 1 heterocycles. The first-order valence-electron chi connectivity index (χ1n) is 5.12. The molecule has 4 N–H and O–H groups in total. The molecule has 0 aromatic rings. The first kappa shape index (κ1) is 15.0. The van der Waals surface area contributed by atoms with Crippen molar-refractivity contribution >= 4 is 27.8 Å². The second kappa shape index (κ2) is 5.69. The van der Waals surface area contributed by atoms with Gasteiger partial charge >= 0.3 is 18.0 Å². The first-order valence-corrected chi connectivity index (χ1v) is 6.84. The summed E-state index contributed by atoms with van der Waals surface area (Å²) in [5.41, 5.74) is 0. The predicted octanol–water partition coefficient (Wildman–Crippen LogP) is -1.48. The summed E-state index contributed by atoms with van der Waals surface area (Å²) >= 11 is 0. The molecule has 0 saturated heterocycles. The summed E-state index contributed by atoms with van der Waals surface area (Å²) in [5, 5.41) is 22.3. The lowest BCUT2D eigenvalue weighted by molar-refractivity contribution is -0.145. The van der Waals surface area contributed by atoms with Gasteiger partial charge in [0.25, 0.3) is 0 Å². The number of carboxylic acid groups (broad SMARTS) is 2. The number of hydrogen-bond donors (Lipinski definition) is 4. The molecule has 1 aliphatic rings. The minimum absolute atomic E-state index is 0.308. The van der Waals surface area contributed by atoms with Crippen molar-refractivity contribution < 1.29 is 33.0 Å². The molecular weight excluding hydrogens is 280 g/mol. The largest absolute Gasteiger partial charge is 0.481 e. The van der Waals surface area contributed by atoms with E-state index in [1.54, 1.807) is 0 Å². The van der Waals surface area contributed by atoms with Crippen LogP contribution in [0.2, 0.25) is 0 Å². The summed E-state index contributed by atoms with van der Waals surface area (Å²) in [6.45, 7) is 0. The minimum atomic E-state index is -3.34. The SMILES string of the molecule is O=C(O)C[C@@H](NC(=O)NC1C=CS(=O)(=O)C1)C(=O)O. The van der Waals surface area contributed by atoms with E-state index in [4.69, 9.17) is 10.2 Å². The second-order valence-corrected chi connectivity index (χ2v) is 5.80. The van der Waals surface area contributed by atoms with Gasteiger partial charge in [0.15, 0.2) is 9.84 Å². The number of carbonyl (C=O) groups is 3. The Morgan fingerprint density at radius 3 is 2.37 bits per heavy atom. The molecule has 0 aliphatic carbocycles. The number of rotatable bonds is 5. The zero-order valence-electron chi connectivity index (χ0n) is 9.57. The maximum absolute atomic E-state index is 11.4. The fourth-order valence-corrected chi connectivity index (χ4v) is 2.64. The number of carbonyl (C=O) groups excluding carboxylic acids is 1.